The normalized spacial score (nSPS) is 10.9. The van der Waals surface area contributed by atoms with Gasteiger partial charge in [-0.3, -0.25) is 4.98 Å². The van der Waals surface area contributed by atoms with Crippen molar-refractivity contribution in [2.45, 2.75) is 6.92 Å². The Kier molecular flexibility index (Phi) is 4.82. The van der Waals surface area contributed by atoms with E-state index in [0.717, 1.165) is 5.56 Å². The quantitative estimate of drug-likeness (QED) is 0.588. The van der Waals surface area contributed by atoms with E-state index in [9.17, 15) is 4.57 Å². The first kappa shape index (κ1) is 16.1. The molecule has 0 saturated heterocycles. The Morgan fingerprint density at radius 3 is 1.83 bits per heavy atom. The smallest absolute Gasteiger partial charge is 0.386 e. The number of rotatable bonds is 6. The lowest BCUT2D eigenvalue weighted by atomic mass is 10.3. The third kappa shape index (κ3) is 4.15. The van der Waals surface area contributed by atoms with Gasteiger partial charge in [0.15, 0.2) is 5.75 Å². The molecule has 3 aromatic rings. The Bertz CT molecular complexity index is 794. The minimum atomic E-state index is -3.95. The number of hydrogen-bond acceptors (Lipinski definition) is 5. The van der Waals surface area contributed by atoms with E-state index in [1.165, 1.54) is 6.20 Å². The molecule has 0 unspecified atom stereocenters. The van der Waals surface area contributed by atoms with Crippen LogP contribution in [0.2, 0.25) is 0 Å². The lowest BCUT2D eigenvalue weighted by Crippen LogP contribution is -2.08. The van der Waals surface area contributed by atoms with Gasteiger partial charge in [0, 0.05) is 6.20 Å². The third-order valence-electron chi connectivity index (χ3n) is 3.12. The van der Waals surface area contributed by atoms with E-state index < -0.39 is 7.82 Å². The highest BCUT2D eigenvalue weighted by Crippen LogP contribution is 2.50. The minimum Gasteiger partial charge on any atom is -0.386 e. The van der Waals surface area contributed by atoms with Gasteiger partial charge in [0.25, 0.3) is 0 Å². The molecular formula is C18H16NO4P. The van der Waals surface area contributed by atoms with Crippen molar-refractivity contribution in [1.29, 1.82) is 0 Å². The molecule has 6 heteroatoms. The predicted molar refractivity (Wildman–Crippen MR) is 91.3 cm³/mol. The van der Waals surface area contributed by atoms with Crippen molar-refractivity contribution in [3.05, 3.63) is 84.7 Å². The van der Waals surface area contributed by atoms with E-state index >= 15 is 0 Å². The number of hydrogen-bond donors (Lipinski definition) is 0. The summed E-state index contributed by atoms with van der Waals surface area (Å²) in [6.45, 7) is 1.83. The van der Waals surface area contributed by atoms with Gasteiger partial charge in [-0.15, -0.1) is 0 Å². The van der Waals surface area contributed by atoms with Crippen molar-refractivity contribution in [3.8, 4) is 17.2 Å². The molecule has 0 fully saturated rings. The maximum absolute atomic E-state index is 13.2. The van der Waals surface area contributed by atoms with Crippen LogP contribution >= 0.6 is 7.82 Å². The molecule has 0 saturated carbocycles. The van der Waals surface area contributed by atoms with Crippen LogP contribution in [0.4, 0.5) is 0 Å². The van der Waals surface area contributed by atoms with Crippen LogP contribution in [0, 0.1) is 6.92 Å². The van der Waals surface area contributed by atoms with Gasteiger partial charge in [-0.2, -0.15) is 4.57 Å². The van der Waals surface area contributed by atoms with Gasteiger partial charge >= 0.3 is 7.82 Å². The molecule has 0 N–H and O–H groups in total. The molecular weight excluding hydrogens is 325 g/mol. The van der Waals surface area contributed by atoms with E-state index in [0.29, 0.717) is 17.2 Å². The van der Waals surface area contributed by atoms with Crippen molar-refractivity contribution < 1.29 is 18.1 Å². The Morgan fingerprint density at radius 2 is 1.33 bits per heavy atom. The number of pyridine rings is 1. The standard InChI is InChI=1S/C18H16NO4P/c1-15-12-13-19-14-18(15)23-24(20,21-16-8-4-2-5-9-16)22-17-10-6-3-7-11-17/h2-14H,1H3. The summed E-state index contributed by atoms with van der Waals surface area (Å²) in [5.41, 5.74) is 0.776. The molecule has 0 amide bonds. The van der Waals surface area contributed by atoms with Gasteiger partial charge in [-0.25, -0.2) is 0 Å². The first-order chi connectivity index (χ1) is 11.6. The summed E-state index contributed by atoms with van der Waals surface area (Å²) in [5, 5.41) is 0. The highest BCUT2D eigenvalue weighted by atomic mass is 31.2. The molecule has 0 spiro atoms. The number of aryl methyl sites for hydroxylation is 1. The molecule has 0 aliphatic heterocycles. The van der Waals surface area contributed by atoms with Gasteiger partial charge in [-0.1, -0.05) is 36.4 Å². The van der Waals surface area contributed by atoms with Crippen LogP contribution in [0.25, 0.3) is 0 Å². The van der Waals surface area contributed by atoms with Crippen LogP contribution in [0.5, 0.6) is 17.2 Å². The second-order valence-corrected chi connectivity index (χ2v) is 6.43. The second-order valence-electron chi connectivity index (χ2n) is 4.99. The van der Waals surface area contributed by atoms with Crippen molar-refractivity contribution in [2.24, 2.45) is 0 Å². The van der Waals surface area contributed by atoms with Gasteiger partial charge in [0.05, 0.1) is 6.20 Å². The Morgan fingerprint density at radius 1 is 0.792 bits per heavy atom. The third-order valence-corrected chi connectivity index (χ3v) is 4.41. The molecule has 2 aromatic carbocycles. The molecule has 1 heterocycles. The average molecular weight is 341 g/mol. The summed E-state index contributed by atoms with van der Waals surface area (Å²) in [4.78, 5) is 3.99. The summed E-state index contributed by atoms with van der Waals surface area (Å²) in [5.74, 6) is 1.12. The second kappa shape index (κ2) is 7.20. The largest absolute Gasteiger partial charge is 0.647 e. The summed E-state index contributed by atoms with van der Waals surface area (Å²) in [6, 6.07) is 19.3. The van der Waals surface area contributed by atoms with E-state index in [2.05, 4.69) is 4.98 Å². The van der Waals surface area contributed by atoms with Crippen LogP contribution in [-0.4, -0.2) is 4.98 Å². The van der Waals surface area contributed by atoms with Crippen LogP contribution in [0.1, 0.15) is 5.56 Å². The monoisotopic (exact) mass is 341 g/mol. The van der Waals surface area contributed by atoms with Crippen molar-refractivity contribution in [3.63, 3.8) is 0 Å². The Labute approximate surface area is 140 Å². The van der Waals surface area contributed by atoms with Gasteiger partial charge in [0.2, 0.25) is 0 Å². The van der Waals surface area contributed by atoms with Crippen LogP contribution < -0.4 is 13.6 Å². The topological polar surface area (TPSA) is 57.7 Å². The molecule has 5 nitrogen and oxygen atoms in total. The molecule has 3 rings (SSSR count). The van der Waals surface area contributed by atoms with Gasteiger partial charge in [-0.05, 0) is 42.8 Å². The maximum Gasteiger partial charge on any atom is 0.647 e. The minimum absolute atomic E-state index is 0.340. The van der Waals surface area contributed by atoms with E-state index in [1.54, 1.807) is 60.8 Å². The van der Waals surface area contributed by atoms with Gasteiger partial charge < -0.3 is 13.6 Å². The van der Waals surface area contributed by atoms with Crippen LogP contribution in [0.3, 0.4) is 0 Å². The molecule has 1 aromatic heterocycles. The molecule has 0 bridgehead atoms. The fourth-order valence-corrected chi connectivity index (χ4v) is 3.25. The highest BCUT2D eigenvalue weighted by Gasteiger charge is 2.33. The van der Waals surface area contributed by atoms with E-state index in [4.69, 9.17) is 13.6 Å². The van der Waals surface area contributed by atoms with Crippen molar-refractivity contribution in [2.75, 3.05) is 0 Å². The van der Waals surface area contributed by atoms with Crippen LogP contribution in [0.15, 0.2) is 79.1 Å². The zero-order chi connectivity index (χ0) is 16.8. The van der Waals surface area contributed by atoms with Crippen molar-refractivity contribution in [1.82, 2.24) is 4.98 Å². The van der Waals surface area contributed by atoms with Gasteiger partial charge in [0.1, 0.15) is 11.5 Å². The maximum atomic E-state index is 13.2. The predicted octanol–water partition coefficient (Wildman–Crippen LogP) is 5.03. The molecule has 24 heavy (non-hydrogen) atoms. The molecule has 0 radical (unpaired) electrons. The molecule has 0 atom stereocenters. The highest BCUT2D eigenvalue weighted by molar-refractivity contribution is 7.49. The summed E-state index contributed by atoms with van der Waals surface area (Å²) >= 11 is 0. The molecule has 122 valence electrons. The summed E-state index contributed by atoms with van der Waals surface area (Å²) in [6.07, 6.45) is 3.11. The SMILES string of the molecule is Cc1ccncc1OP(=O)(Oc1ccccc1)Oc1ccccc1. The fraction of sp³-hybridized carbons (Fsp3) is 0.0556. The zero-order valence-electron chi connectivity index (χ0n) is 13.0. The average Bonchev–Trinajstić information content (AvgIpc) is 2.58. The number of phosphoric acid groups is 1. The Hall–Kier alpha value is -2.78. The number of para-hydroxylation sites is 2. The lowest BCUT2D eigenvalue weighted by molar-refractivity contribution is 0.297. The molecule has 0 aliphatic carbocycles. The molecule has 0 aliphatic rings. The first-order valence-electron chi connectivity index (χ1n) is 7.34. The summed E-state index contributed by atoms with van der Waals surface area (Å²) < 4.78 is 29.9. The number of aromatic nitrogens is 1. The van der Waals surface area contributed by atoms with Crippen molar-refractivity contribution >= 4 is 7.82 Å². The zero-order valence-corrected chi connectivity index (χ0v) is 13.9. The number of phosphoric ester groups is 1. The number of benzene rings is 2. The number of nitrogens with zero attached hydrogens (tertiary/aromatic N) is 1. The van der Waals surface area contributed by atoms with E-state index in [-0.39, 0.29) is 0 Å². The summed E-state index contributed by atoms with van der Waals surface area (Å²) in [7, 11) is -3.95. The Balaban J connectivity index is 1.91. The van der Waals surface area contributed by atoms with E-state index in [1.807, 2.05) is 19.1 Å². The van der Waals surface area contributed by atoms with Crippen LogP contribution in [-0.2, 0) is 4.57 Å². The fourth-order valence-electron chi connectivity index (χ4n) is 1.94. The first-order valence-corrected chi connectivity index (χ1v) is 8.80. The lowest BCUT2D eigenvalue weighted by Gasteiger charge is -2.20.